The van der Waals surface area contributed by atoms with Crippen molar-refractivity contribution in [1.82, 2.24) is 4.98 Å². The molecule has 2 aromatic rings. The summed E-state index contributed by atoms with van der Waals surface area (Å²) >= 11 is 0. The Bertz CT molecular complexity index is 677. The van der Waals surface area contributed by atoms with E-state index in [-0.39, 0.29) is 11.6 Å². The zero-order valence-electron chi connectivity index (χ0n) is 11.2. The second-order valence-electron chi connectivity index (χ2n) is 4.08. The van der Waals surface area contributed by atoms with Crippen LogP contribution in [0.15, 0.2) is 42.6 Å². The summed E-state index contributed by atoms with van der Waals surface area (Å²) in [5.41, 5.74) is 1.28. The Morgan fingerprint density at radius 1 is 1.35 bits per heavy atom. The second-order valence-corrected chi connectivity index (χ2v) is 4.08. The van der Waals surface area contributed by atoms with Gasteiger partial charge < -0.3 is 9.64 Å². The molecule has 5 nitrogen and oxygen atoms in total. The molecule has 20 heavy (non-hydrogen) atoms. The number of hydrogen-bond donors (Lipinski definition) is 0. The minimum atomic E-state index is -0.228. The van der Waals surface area contributed by atoms with E-state index in [0.29, 0.717) is 17.0 Å². The van der Waals surface area contributed by atoms with Crippen molar-refractivity contribution >= 4 is 11.6 Å². The maximum absolute atomic E-state index is 12.4. The van der Waals surface area contributed by atoms with Crippen LogP contribution in [0.25, 0.3) is 0 Å². The van der Waals surface area contributed by atoms with Crippen LogP contribution in [-0.4, -0.2) is 25.0 Å². The lowest BCUT2D eigenvalue weighted by Crippen LogP contribution is -2.26. The van der Waals surface area contributed by atoms with Gasteiger partial charge in [0, 0.05) is 18.8 Å². The second kappa shape index (κ2) is 5.85. The van der Waals surface area contributed by atoms with Crippen LogP contribution in [0, 0.1) is 11.3 Å². The molecule has 100 valence electrons. The quantitative estimate of drug-likeness (QED) is 0.855. The number of para-hydroxylation sites is 2. The topological polar surface area (TPSA) is 66.2 Å². The van der Waals surface area contributed by atoms with Gasteiger partial charge in [-0.15, -0.1) is 0 Å². The van der Waals surface area contributed by atoms with Crippen LogP contribution in [0.5, 0.6) is 5.75 Å². The van der Waals surface area contributed by atoms with Crippen LogP contribution in [0.4, 0.5) is 5.69 Å². The van der Waals surface area contributed by atoms with Crippen molar-refractivity contribution < 1.29 is 9.53 Å². The van der Waals surface area contributed by atoms with Gasteiger partial charge in [-0.25, -0.2) is 4.98 Å². The number of hydrogen-bond acceptors (Lipinski definition) is 4. The molecule has 0 aliphatic rings. The monoisotopic (exact) mass is 267 g/mol. The minimum absolute atomic E-state index is 0.212. The predicted octanol–water partition coefficient (Wildman–Crippen LogP) is 2.24. The highest BCUT2D eigenvalue weighted by Gasteiger charge is 2.17. The third kappa shape index (κ3) is 2.59. The first-order chi connectivity index (χ1) is 9.67. The van der Waals surface area contributed by atoms with E-state index in [4.69, 9.17) is 10.00 Å². The van der Waals surface area contributed by atoms with Crippen molar-refractivity contribution in [2.75, 3.05) is 19.1 Å². The number of pyridine rings is 1. The summed E-state index contributed by atoms with van der Waals surface area (Å²) in [5, 5.41) is 8.82. The van der Waals surface area contributed by atoms with E-state index in [0.717, 1.165) is 0 Å². The van der Waals surface area contributed by atoms with Crippen molar-refractivity contribution in [3.8, 4) is 11.8 Å². The van der Waals surface area contributed by atoms with Crippen molar-refractivity contribution in [3.05, 3.63) is 53.9 Å². The van der Waals surface area contributed by atoms with Gasteiger partial charge in [0.1, 0.15) is 17.5 Å². The zero-order valence-corrected chi connectivity index (χ0v) is 11.2. The fraction of sp³-hybridized carbons (Fsp3) is 0.133. The SMILES string of the molecule is COc1ccccc1N(C)C(=O)c1ccnc(C#N)c1. The van der Waals surface area contributed by atoms with Gasteiger partial charge >= 0.3 is 0 Å². The molecule has 0 spiro atoms. The van der Waals surface area contributed by atoms with E-state index in [9.17, 15) is 4.79 Å². The summed E-state index contributed by atoms with van der Waals surface area (Å²) in [6.45, 7) is 0. The molecule has 0 N–H and O–H groups in total. The Balaban J connectivity index is 2.35. The molecular formula is C15H13N3O2. The fourth-order valence-corrected chi connectivity index (χ4v) is 1.83. The molecule has 1 amide bonds. The number of carbonyl (C=O) groups is 1. The Hall–Kier alpha value is -2.87. The van der Waals surface area contributed by atoms with Gasteiger partial charge in [-0.05, 0) is 24.3 Å². The predicted molar refractivity (Wildman–Crippen MR) is 74.7 cm³/mol. The molecule has 0 unspecified atom stereocenters. The third-order valence-corrected chi connectivity index (χ3v) is 2.87. The molecule has 1 aromatic carbocycles. The number of ether oxygens (including phenoxy) is 1. The maximum atomic E-state index is 12.4. The smallest absolute Gasteiger partial charge is 0.258 e. The zero-order chi connectivity index (χ0) is 14.5. The van der Waals surface area contributed by atoms with Crippen LogP contribution < -0.4 is 9.64 Å². The molecule has 1 heterocycles. The highest BCUT2D eigenvalue weighted by atomic mass is 16.5. The van der Waals surface area contributed by atoms with E-state index in [1.165, 1.54) is 17.2 Å². The van der Waals surface area contributed by atoms with Gasteiger partial charge in [0.25, 0.3) is 5.91 Å². The van der Waals surface area contributed by atoms with Crippen LogP contribution in [0.2, 0.25) is 0 Å². The van der Waals surface area contributed by atoms with Crippen molar-refractivity contribution in [2.45, 2.75) is 0 Å². The largest absolute Gasteiger partial charge is 0.495 e. The molecule has 1 aromatic heterocycles. The number of benzene rings is 1. The highest BCUT2D eigenvalue weighted by molar-refractivity contribution is 6.06. The first-order valence-electron chi connectivity index (χ1n) is 5.94. The Kier molecular flexibility index (Phi) is 3.96. The molecule has 0 fully saturated rings. The molecule has 2 rings (SSSR count). The van der Waals surface area contributed by atoms with Gasteiger partial charge in [-0.2, -0.15) is 5.26 Å². The van der Waals surface area contributed by atoms with Crippen molar-refractivity contribution in [3.63, 3.8) is 0 Å². The van der Waals surface area contributed by atoms with Crippen molar-refractivity contribution in [1.29, 1.82) is 5.26 Å². The van der Waals surface area contributed by atoms with Gasteiger partial charge in [0.2, 0.25) is 0 Å². The van der Waals surface area contributed by atoms with E-state index >= 15 is 0 Å². The number of carbonyl (C=O) groups excluding carboxylic acids is 1. The summed E-state index contributed by atoms with van der Waals surface area (Å²) in [4.78, 5) is 17.7. The average molecular weight is 267 g/mol. The third-order valence-electron chi connectivity index (χ3n) is 2.87. The number of nitriles is 1. The van der Waals surface area contributed by atoms with Gasteiger partial charge in [-0.3, -0.25) is 4.79 Å². The molecule has 0 aliphatic heterocycles. The van der Waals surface area contributed by atoms with Crippen LogP contribution in [-0.2, 0) is 0 Å². The summed E-state index contributed by atoms with van der Waals surface area (Å²) in [6.07, 6.45) is 1.45. The van der Waals surface area contributed by atoms with Crippen LogP contribution in [0.1, 0.15) is 16.1 Å². The summed E-state index contributed by atoms with van der Waals surface area (Å²) in [5.74, 6) is 0.381. The molecule has 0 saturated carbocycles. The summed E-state index contributed by atoms with van der Waals surface area (Å²) in [7, 11) is 3.21. The molecule has 0 radical (unpaired) electrons. The molecule has 5 heteroatoms. The lowest BCUT2D eigenvalue weighted by molar-refractivity contribution is 0.0992. The van der Waals surface area contributed by atoms with E-state index in [1.54, 1.807) is 32.4 Å². The number of amides is 1. The van der Waals surface area contributed by atoms with Gasteiger partial charge in [0.15, 0.2) is 0 Å². The number of aromatic nitrogens is 1. The van der Waals surface area contributed by atoms with E-state index in [1.807, 2.05) is 18.2 Å². The normalized spacial score (nSPS) is 9.65. The number of nitrogens with zero attached hydrogens (tertiary/aromatic N) is 3. The molecule has 0 saturated heterocycles. The first kappa shape index (κ1) is 13.6. The Morgan fingerprint density at radius 3 is 2.80 bits per heavy atom. The van der Waals surface area contributed by atoms with E-state index < -0.39 is 0 Å². The number of rotatable bonds is 3. The Labute approximate surface area is 117 Å². The highest BCUT2D eigenvalue weighted by Crippen LogP contribution is 2.27. The van der Waals surface area contributed by atoms with Crippen LogP contribution >= 0.6 is 0 Å². The summed E-state index contributed by atoms with van der Waals surface area (Å²) in [6, 6.07) is 12.2. The average Bonchev–Trinajstić information content (AvgIpc) is 2.53. The molecule has 0 atom stereocenters. The summed E-state index contributed by atoms with van der Waals surface area (Å²) < 4.78 is 5.24. The Morgan fingerprint density at radius 2 is 2.10 bits per heavy atom. The van der Waals surface area contributed by atoms with Gasteiger partial charge in [-0.1, -0.05) is 12.1 Å². The number of methoxy groups -OCH3 is 1. The molecule has 0 aliphatic carbocycles. The fourth-order valence-electron chi connectivity index (χ4n) is 1.83. The lowest BCUT2D eigenvalue weighted by Gasteiger charge is -2.19. The number of anilines is 1. The minimum Gasteiger partial charge on any atom is -0.495 e. The first-order valence-corrected chi connectivity index (χ1v) is 5.94. The van der Waals surface area contributed by atoms with Crippen LogP contribution in [0.3, 0.4) is 0 Å². The lowest BCUT2D eigenvalue weighted by atomic mass is 10.2. The maximum Gasteiger partial charge on any atom is 0.258 e. The standard InChI is InChI=1S/C15H13N3O2/c1-18(13-5-3-4-6-14(13)20-2)15(19)11-7-8-17-12(9-11)10-16/h3-9H,1-2H3. The van der Waals surface area contributed by atoms with E-state index in [2.05, 4.69) is 4.98 Å². The van der Waals surface area contributed by atoms with Gasteiger partial charge in [0.05, 0.1) is 12.8 Å². The molecular weight excluding hydrogens is 254 g/mol. The van der Waals surface area contributed by atoms with Crippen molar-refractivity contribution in [2.24, 2.45) is 0 Å². The molecule has 0 bridgehead atoms.